The van der Waals surface area contributed by atoms with E-state index in [0.717, 1.165) is 11.1 Å². The molecule has 0 saturated carbocycles. The zero-order valence-electron chi connectivity index (χ0n) is 10.3. The molecule has 98 valence electrons. The van der Waals surface area contributed by atoms with E-state index in [2.05, 4.69) is 5.32 Å². The highest BCUT2D eigenvalue weighted by Crippen LogP contribution is 2.11. The molecule has 0 fully saturated rings. The van der Waals surface area contributed by atoms with Crippen LogP contribution in [0.2, 0.25) is 0 Å². The largest absolute Gasteiger partial charge is 0.478 e. The summed E-state index contributed by atoms with van der Waals surface area (Å²) in [4.78, 5) is 22.7. The summed E-state index contributed by atoms with van der Waals surface area (Å²) in [5, 5.41) is 11.5. The van der Waals surface area contributed by atoms with Crippen molar-refractivity contribution in [2.75, 3.05) is 0 Å². The molecule has 0 spiro atoms. The Kier molecular flexibility index (Phi) is 3.66. The van der Waals surface area contributed by atoms with Crippen molar-refractivity contribution >= 4 is 11.9 Å². The maximum atomic E-state index is 11.8. The van der Waals surface area contributed by atoms with E-state index in [-0.39, 0.29) is 11.3 Å². The normalized spacial score (nSPS) is 10.2. The lowest BCUT2D eigenvalue weighted by Gasteiger charge is -2.06. The average Bonchev–Trinajstić information content (AvgIpc) is 2.87. The van der Waals surface area contributed by atoms with Crippen LogP contribution in [0.15, 0.2) is 41.0 Å². The molecule has 2 N–H and O–H groups in total. The van der Waals surface area contributed by atoms with Gasteiger partial charge in [-0.2, -0.15) is 0 Å². The molecular weight excluding hydrogens is 246 g/mol. The molecular formula is C14H13NO4. The van der Waals surface area contributed by atoms with Gasteiger partial charge in [-0.1, -0.05) is 24.3 Å². The van der Waals surface area contributed by atoms with Crippen molar-refractivity contribution in [1.29, 1.82) is 0 Å². The van der Waals surface area contributed by atoms with Gasteiger partial charge in [0.25, 0.3) is 5.91 Å². The minimum atomic E-state index is -1.19. The Labute approximate surface area is 109 Å². The molecule has 0 aliphatic rings. The second-order valence-electron chi connectivity index (χ2n) is 4.08. The smallest absolute Gasteiger partial charge is 0.339 e. The van der Waals surface area contributed by atoms with E-state index in [4.69, 9.17) is 9.52 Å². The van der Waals surface area contributed by atoms with E-state index in [0.29, 0.717) is 6.54 Å². The first kappa shape index (κ1) is 12.9. The summed E-state index contributed by atoms with van der Waals surface area (Å²) in [5.41, 5.74) is 1.89. The van der Waals surface area contributed by atoms with Gasteiger partial charge in [-0.25, -0.2) is 4.79 Å². The summed E-state index contributed by atoms with van der Waals surface area (Å²) in [5.74, 6) is -1.90. The van der Waals surface area contributed by atoms with Gasteiger partial charge in [0, 0.05) is 6.54 Å². The van der Waals surface area contributed by atoms with Crippen molar-refractivity contribution in [3.63, 3.8) is 0 Å². The standard InChI is InChI=1S/C14H13NO4/c1-9-4-2-3-5-10(9)8-15-13(16)12-11(14(17)18)6-7-19-12/h2-7H,8H2,1H3,(H,15,16)(H,17,18). The van der Waals surface area contributed by atoms with Gasteiger partial charge in [-0.05, 0) is 24.1 Å². The highest BCUT2D eigenvalue weighted by molar-refractivity contribution is 6.02. The van der Waals surface area contributed by atoms with Crippen LogP contribution >= 0.6 is 0 Å². The minimum Gasteiger partial charge on any atom is -0.478 e. The topological polar surface area (TPSA) is 79.5 Å². The SMILES string of the molecule is Cc1ccccc1CNC(=O)c1occc1C(=O)O. The van der Waals surface area contributed by atoms with Gasteiger partial charge >= 0.3 is 5.97 Å². The molecule has 2 rings (SSSR count). The highest BCUT2D eigenvalue weighted by Gasteiger charge is 2.19. The lowest BCUT2D eigenvalue weighted by Crippen LogP contribution is -2.24. The van der Waals surface area contributed by atoms with E-state index in [9.17, 15) is 9.59 Å². The quantitative estimate of drug-likeness (QED) is 0.882. The van der Waals surface area contributed by atoms with E-state index in [1.54, 1.807) is 0 Å². The zero-order valence-corrected chi connectivity index (χ0v) is 10.3. The van der Waals surface area contributed by atoms with Crippen molar-refractivity contribution in [2.24, 2.45) is 0 Å². The summed E-state index contributed by atoms with van der Waals surface area (Å²) in [6.45, 7) is 2.27. The molecule has 0 saturated heterocycles. The Morgan fingerprint density at radius 3 is 2.68 bits per heavy atom. The van der Waals surface area contributed by atoms with E-state index < -0.39 is 11.9 Å². The molecule has 19 heavy (non-hydrogen) atoms. The Morgan fingerprint density at radius 2 is 2.00 bits per heavy atom. The third-order valence-corrected chi connectivity index (χ3v) is 2.80. The lowest BCUT2D eigenvalue weighted by molar-refractivity contribution is 0.0688. The molecule has 5 nitrogen and oxygen atoms in total. The molecule has 5 heteroatoms. The van der Waals surface area contributed by atoms with Crippen LogP contribution < -0.4 is 5.32 Å². The molecule has 0 atom stereocenters. The zero-order chi connectivity index (χ0) is 13.8. The fraction of sp³-hybridized carbons (Fsp3) is 0.143. The number of amides is 1. The lowest BCUT2D eigenvalue weighted by atomic mass is 10.1. The number of benzene rings is 1. The maximum absolute atomic E-state index is 11.8. The van der Waals surface area contributed by atoms with Crippen LogP contribution in [0.25, 0.3) is 0 Å². The molecule has 0 unspecified atom stereocenters. The second-order valence-corrected chi connectivity index (χ2v) is 4.08. The third-order valence-electron chi connectivity index (χ3n) is 2.80. The first-order chi connectivity index (χ1) is 9.09. The number of furan rings is 1. The van der Waals surface area contributed by atoms with Gasteiger partial charge in [-0.15, -0.1) is 0 Å². The van der Waals surface area contributed by atoms with Crippen LogP contribution in [0.4, 0.5) is 0 Å². The molecule has 1 aromatic heterocycles. The first-order valence-electron chi connectivity index (χ1n) is 5.73. The molecule has 0 aliphatic carbocycles. The number of aromatic carboxylic acids is 1. The Morgan fingerprint density at radius 1 is 1.26 bits per heavy atom. The Bertz CT molecular complexity index is 615. The van der Waals surface area contributed by atoms with Crippen molar-refractivity contribution in [2.45, 2.75) is 13.5 Å². The number of carbonyl (C=O) groups excluding carboxylic acids is 1. The number of rotatable bonds is 4. The van der Waals surface area contributed by atoms with Gasteiger partial charge in [-0.3, -0.25) is 4.79 Å². The summed E-state index contributed by atoms with van der Waals surface area (Å²) in [7, 11) is 0. The van der Waals surface area contributed by atoms with Crippen LogP contribution in [0.3, 0.4) is 0 Å². The third kappa shape index (κ3) is 2.82. The Balaban J connectivity index is 2.08. The maximum Gasteiger partial charge on any atom is 0.339 e. The van der Waals surface area contributed by atoms with Crippen LogP contribution in [-0.2, 0) is 6.54 Å². The molecule has 0 radical (unpaired) electrons. The average molecular weight is 259 g/mol. The highest BCUT2D eigenvalue weighted by atomic mass is 16.4. The number of carbonyl (C=O) groups is 2. The van der Waals surface area contributed by atoms with Crippen LogP contribution in [0.5, 0.6) is 0 Å². The van der Waals surface area contributed by atoms with E-state index >= 15 is 0 Å². The van der Waals surface area contributed by atoms with E-state index in [1.165, 1.54) is 12.3 Å². The summed E-state index contributed by atoms with van der Waals surface area (Å²) < 4.78 is 4.91. The fourth-order valence-corrected chi connectivity index (χ4v) is 1.72. The monoisotopic (exact) mass is 259 g/mol. The van der Waals surface area contributed by atoms with Crippen molar-refractivity contribution < 1.29 is 19.1 Å². The summed E-state index contributed by atoms with van der Waals surface area (Å²) in [6, 6.07) is 8.89. The minimum absolute atomic E-state index is 0.137. The number of nitrogens with one attached hydrogen (secondary N) is 1. The van der Waals surface area contributed by atoms with E-state index in [1.807, 2.05) is 31.2 Å². The van der Waals surface area contributed by atoms with Crippen molar-refractivity contribution in [3.05, 3.63) is 59.0 Å². The van der Waals surface area contributed by atoms with Crippen molar-refractivity contribution in [3.8, 4) is 0 Å². The van der Waals surface area contributed by atoms with Crippen LogP contribution in [0.1, 0.15) is 32.0 Å². The van der Waals surface area contributed by atoms with Crippen LogP contribution in [0, 0.1) is 6.92 Å². The van der Waals surface area contributed by atoms with Gasteiger partial charge in [0.05, 0.1) is 6.26 Å². The molecule has 2 aromatic rings. The molecule has 1 amide bonds. The summed E-state index contributed by atoms with van der Waals surface area (Å²) in [6.07, 6.45) is 1.19. The van der Waals surface area contributed by atoms with Gasteiger partial charge < -0.3 is 14.8 Å². The van der Waals surface area contributed by atoms with Crippen molar-refractivity contribution in [1.82, 2.24) is 5.32 Å². The second kappa shape index (κ2) is 5.39. The predicted octanol–water partition coefficient (Wildman–Crippen LogP) is 2.22. The first-order valence-corrected chi connectivity index (χ1v) is 5.73. The molecule has 0 bridgehead atoms. The number of carboxylic acids is 1. The number of aryl methyl sites for hydroxylation is 1. The molecule has 0 aliphatic heterocycles. The van der Waals surface area contributed by atoms with Gasteiger partial charge in [0.15, 0.2) is 0 Å². The van der Waals surface area contributed by atoms with Crippen LogP contribution in [-0.4, -0.2) is 17.0 Å². The number of carboxylic acid groups (broad SMARTS) is 1. The number of hydrogen-bond acceptors (Lipinski definition) is 3. The molecule has 1 aromatic carbocycles. The molecule has 1 heterocycles. The van der Waals surface area contributed by atoms with Gasteiger partial charge in [0.2, 0.25) is 5.76 Å². The summed E-state index contributed by atoms with van der Waals surface area (Å²) >= 11 is 0. The number of hydrogen-bond donors (Lipinski definition) is 2. The van der Waals surface area contributed by atoms with Gasteiger partial charge in [0.1, 0.15) is 5.56 Å². The predicted molar refractivity (Wildman–Crippen MR) is 68.0 cm³/mol. The Hall–Kier alpha value is -2.56. The fourth-order valence-electron chi connectivity index (χ4n) is 1.72.